The predicted molar refractivity (Wildman–Crippen MR) is 89.3 cm³/mol. The SMILES string of the molecule is O=c1c(NCc2ccccn2)c(Nc2ccc([N+](=O)[O-])cc2)c1=O. The first kappa shape index (κ1) is 15.3. The number of hydrogen-bond acceptors (Lipinski definition) is 7. The highest BCUT2D eigenvalue weighted by atomic mass is 16.6. The highest BCUT2D eigenvalue weighted by Crippen LogP contribution is 2.23. The van der Waals surface area contributed by atoms with E-state index < -0.39 is 15.8 Å². The summed E-state index contributed by atoms with van der Waals surface area (Å²) in [5.74, 6) is 0. The number of hydrogen-bond donors (Lipinski definition) is 2. The van der Waals surface area contributed by atoms with Crippen LogP contribution in [0.25, 0.3) is 0 Å². The molecule has 0 unspecified atom stereocenters. The van der Waals surface area contributed by atoms with Crippen molar-refractivity contribution in [3.05, 3.63) is 84.9 Å². The maximum absolute atomic E-state index is 11.7. The zero-order valence-corrected chi connectivity index (χ0v) is 12.4. The largest absolute Gasteiger partial charge is 0.374 e. The van der Waals surface area contributed by atoms with Crippen molar-refractivity contribution >= 4 is 22.7 Å². The molecule has 3 aromatic rings. The van der Waals surface area contributed by atoms with E-state index in [9.17, 15) is 19.7 Å². The summed E-state index contributed by atoms with van der Waals surface area (Å²) in [6, 6.07) is 11.0. The Morgan fingerprint density at radius 2 is 1.71 bits per heavy atom. The van der Waals surface area contributed by atoms with Gasteiger partial charge in [0.25, 0.3) is 16.5 Å². The summed E-state index contributed by atoms with van der Waals surface area (Å²) >= 11 is 0. The third-order valence-corrected chi connectivity index (χ3v) is 3.43. The van der Waals surface area contributed by atoms with Gasteiger partial charge in [-0.2, -0.15) is 0 Å². The summed E-state index contributed by atoms with van der Waals surface area (Å²) in [5.41, 5.74) is 0.250. The van der Waals surface area contributed by atoms with E-state index >= 15 is 0 Å². The van der Waals surface area contributed by atoms with Crippen LogP contribution in [0.4, 0.5) is 22.7 Å². The number of benzene rings is 1. The normalized spacial score (nSPS) is 10.5. The summed E-state index contributed by atoms with van der Waals surface area (Å²) in [4.78, 5) is 37.7. The first-order chi connectivity index (χ1) is 11.6. The molecule has 2 aromatic carbocycles. The van der Waals surface area contributed by atoms with E-state index in [0.717, 1.165) is 5.69 Å². The molecule has 120 valence electrons. The van der Waals surface area contributed by atoms with Gasteiger partial charge in [-0.25, -0.2) is 0 Å². The Labute approximate surface area is 135 Å². The number of non-ortho nitro benzene ring substituents is 1. The van der Waals surface area contributed by atoms with Crippen molar-refractivity contribution in [3.63, 3.8) is 0 Å². The van der Waals surface area contributed by atoms with Crippen LogP contribution in [0, 0.1) is 10.1 Å². The fourth-order valence-electron chi connectivity index (χ4n) is 2.17. The third kappa shape index (κ3) is 2.98. The van der Waals surface area contributed by atoms with Gasteiger partial charge in [0, 0.05) is 24.0 Å². The minimum atomic E-state index is -0.628. The number of nitro groups is 1. The molecule has 24 heavy (non-hydrogen) atoms. The molecule has 0 atom stereocenters. The van der Waals surface area contributed by atoms with E-state index in [4.69, 9.17) is 0 Å². The van der Waals surface area contributed by atoms with Crippen LogP contribution in [0.1, 0.15) is 5.69 Å². The van der Waals surface area contributed by atoms with Crippen LogP contribution in [-0.4, -0.2) is 9.91 Å². The number of nitrogens with zero attached hydrogens (tertiary/aromatic N) is 2. The fourth-order valence-corrected chi connectivity index (χ4v) is 2.17. The van der Waals surface area contributed by atoms with Gasteiger partial charge < -0.3 is 10.6 Å². The molecule has 0 aliphatic heterocycles. The average molecular weight is 324 g/mol. The number of anilines is 3. The molecule has 8 nitrogen and oxygen atoms in total. The van der Waals surface area contributed by atoms with Gasteiger partial charge in [0.05, 0.1) is 17.2 Å². The Balaban J connectivity index is 1.75. The Hall–Kier alpha value is -3.55. The lowest BCUT2D eigenvalue weighted by Crippen LogP contribution is -2.36. The molecule has 0 aliphatic rings. The summed E-state index contributed by atoms with van der Waals surface area (Å²) in [6.07, 6.45) is 1.63. The molecule has 0 bridgehead atoms. The highest BCUT2D eigenvalue weighted by Gasteiger charge is 2.21. The van der Waals surface area contributed by atoms with Crippen LogP contribution in [-0.2, 0) is 6.54 Å². The molecule has 1 heterocycles. The van der Waals surface area contributed by atoms with E-state index in [1.165, 1.54) is 24.3 Å². The van der Waals surface area contributed by atoms with Gasteiger partial charge in [0.2, 0.25) is 0 Å². The Morgan fingerprint density at radius 3 is 2.33 bits per heavy atom. The Bertz CT molecular complexity index is 945. The van der Waals surface area contributed by atoms with Crippen LogP contribution in [0.5, 0.6) is 0 Å². The molecule has 0 fully saturated rings. The van der Waals surface area contributed by atoms with Crippen molar-refractivity contribution in [2.24, 2.45) is 0 Å². The molecule has 3 rings (SSSR count). The highest BCUT2D eigenvalue weighted by molar-refractivity contribution is 5.78. The molecule has 0 saturated heterocycles. The number of nitro benzene ring substituents is 1. The first-order valence-electron chi connectivity index (χ1n) is 7.05. The summed E-state index contributed by atoms with van der Waals surface area (Å²) in [6.45, 7) is 0.306. The molecule has 0 aliphatic carbocycles. The molecule has 0 radical (unpaired) electrons. The Morgan fingerprint density at radius 1 is 1.00 bits per heavy atom. The first-order valence-corrected chi connectivity index (χ1v) is 7.05. The van der Waals surface area contributed by atoms with Crippen molar-refractivity contribution in [2.45, 2.75) is 6.54 Å². The number of nitrogens with one attached hydrogen (secondary N) is 2. The lowest BCUT2D eigenvalue weighted by atomic mass is 10.1. The zero-order chi connectivity index (χ0) is 17.1. The smallest absolute Gasteiger partial charge is 0.269 e. The van der Waals surface area contributed by atoms with E-state index in [0.29, 0.717) is 12.2 Å². The quantitative estimate of drug-likeness (QED) is 0.404. The van der Waals surface area contributed by atoms with Gasteiger partial charge >= 0.3 is 0 Å². The van der Waals surface area contributed by atoms with Crippen LogP contribution in [0.2, 0.25) is 0 Å². The molecule has 0 spiro atoms. The van der Waals surface area contributed by atoms with Crippen molar-refractivity contribution in [3.8, 4) is 0 Å². The summed E-state index contributed by atoms with van der Waals surface area (Å²) in [7, 11) is 0. The minimum absolute atomic E-state index is 0.0564. The van der Waals surface area contributed by atoms with Crippen LogP contribution >= 0.6 is 0 Å². The molecular formula is C16H12N4O4. The van der Waals surface area contributed by atoms with Crippen molar-refractivity contribution in [1.29, 1.82) is 0 Å². The van der Waals surface area contributed by atoms with Gasteiger partial charge in [-0.15, -0.1) is 0 Å². The predicted octanol–water partition coefficient (Wildman–Crippen LogP) is 1.94. The average Bonchev–Trinajstić information content (AvgIpc) is 2.61. The second-order valence-electron chi connectivity index (χ2n) is 5.01. The van der Waals surface area contributed by atoms with Gasteiger partial charge in [0.15, 0.2) is 0 Å². The minimum Gasteiger partial charge on any atom is -0.374 e. The van der Waals surface area contributed by atoms with Crippen LogP contribution < -0.4 is 21.5 Å². The lowest BCUT2D eigenvalue weighted by molar-refractivity contribution is -0.384. The van der Waals surface area contributed by atoms with Crippen molar-refractivity contribution in [1.82, 2.24) is 4.98 Å². The van der Waals surface area contributed by atoms with Gasteiger partial charge in [0.1, 0.15) is 11.4 Å². The number of rotatable bonds is 6. The molecule has 0 amide bonds. The topological polar surface area (TPSA) is 114 Å². The maximum Gasteiger partial charge on any atom is 0.269 e. The van der Waals surface area contributed by atoms with Crippen molar-refractivity contribution in [2.75, 3.05) is 10.6 Å². The van der Waals surface area contributed by atoms with Gasteiger partial charge in [-0.05, 0) is 24.3 Å². The molecular weight excluding hydrogens is 312 g/mol. The van der Waals surface area contributed by atoms with E-state index in [1.807, 2.05) is 6.07 Å². The summed E-state index contributed by atoms with van der Waals surface area (Å²) in [5, 5.41) is 16.3. The van der Waals surface area contributed by atoms with E-state index in [1.54, 1.807) is 18.3 Å². The fraction of sp³-hybridized carbons (Fsp3) is 0.0625. The molecule has 8 heteroatoms. The second kappa shape index (κ2) is 6.29. The van der Waals surface area contributed by atoms with Crippen LogP contribution in [0.15, 0.2) is 58.3 Å². The Kier molecular flexibility index (Phi) is 4.02. The summed E-state index contributed by atoms with van der Waals surface area (Å²) < 4.78 is 0. The standard InChI is InChI=1S/C16H12N4O4/c21-15-13(18-9-11-3-1-2-8-17-11)14(16(15)22)19-10-4-6-12(7-5-10)20(23)24/h1-8,18-19H,9H2. The van der Waals surface area contributed by atoms with E-state index in [2.05, 4.69) is 15.6 Å². The second-order valence-corrected chi connectivity index (χ2v) is 5.01. The van der Waals surface area contributed by atoms with Gasteiger partial charge in [-0.3, -0.25) is 24.7 Å². The van der Waals surface area contributed by atoms with Crippen LogP contribution in [0.3, 0.4) is 0 Å². The number of pyridine rings is 1. The maximum atomic E-state index is 11.7. The number of aromatic nitrogens is 1. The zero-order valence-electron chi connectivity index (χ0n) is 12.4. The van der Waals surface area contributed by atoms with Crippen molar-refractivity contribution < 1.29 is 4.92 Å². The van der Waals surface area contributed by atoms with Gasteiger partial charge in [-0.1, -0.05) is 6.07 Å². The van der Waals surface area contributed by atoms with E-state index in [-0.39, 0.29) is 17.1 Å². The molecule has 0 saturated carbocycles. The molecule has 2 N–H and O–H groups in total. The molecule has 1 aromatic heterocycles. The third-order valence-electron chi connectivity index (χ3n) is 3.43. The monoisotopic (exact) mass is 324 g/mol. The lowest BCUT2D eigenvalue weighted by Gasteiger charge is -2.14.